The van der Waals surface area contributed by atoms with Gasteiger partial charge in [0.25, 0.3) is 0 Å². The lowest BCUT2D eigenvalue weighted by Gasteiger charge is -2.19. The quantitative estimate of drug-likeness (QED) is 0.939. The fourth-order valence-corrected chi connectivity index (χ4v) is 3.57. The fourth-order valence-electron chi connectivity index (χ4n) is 2.31. The summed E-state index contributed by atoms with van der Waals surface area (Å²) in [5.74, 6) is 1.34. The predicted octanol–water partition coefficient (Wildman–Crippen LogP) is 2.24. The molecule has 0 spiro atoms. The summed E-state index contributed by atoms with van der Waals surface area (Å²) in [6.45, 7) is 3.02. The first-order chi connectivity index (χ1) is 10.6. The maximum absolute atomic E-state index is 12.3. The van der Waals surface area contributed by atoms with Crippen LogP contribution in [0.3, 0.4) is 0 Å². The van der Waals surface area contributed by atoms with E-state index < -0.39 is 10.0 Å². The molecule has 116 valence electrons. The molecule has 3 rings (SSSR count). The predicted molar refractivity (Wildman–Crippen MR) is 82.6 cm³/mol. The molecule has 1 aliphatic heterocycles. The molecule has 0 radical (unpaired) electrons. The van der Waals surface area contributed by atoms with Gasteiger partial charge in [-0.25, -0.2) is 13.1 Å². The van der Waals surface area contributed by atoms with Crippen LogP contribution >= 0.6 is 0 Å². The van der Waals surface area contributed by atoms with Gasteiger partial charge in [0.1, 0.15) is 13.2 Å². The molecule has 1 N–H and O–H groups in total. The largest absolute Gasteiger partial charge is 0.486 e. The van der Waals surface area contributed by atoms with E-state index in [1.165, 1.54) is 0 Å². The third-order valence-corrected chi connectivity index (χ3v) is 5.02. The van der Waals surface area contributed by atoms with Gasteiger partial charge in [-0.1, -0.05) is 24.3 Å². The Hall–Kier alpha value is -2.05. The lowest BCUT2D eigenvalue weighted by atomic mass is 10.2. The third kappa shape index (κ3) is 3.08. The second-order valence-corrected chi connectivity index (χ2v) is 6.80. The highest BCUT2D eigenvalue weighted by atomic mass is 32.2. The molecule has 2 aromatic rings. The zero-order chi connectivity index (χ0) is 15.6. The summed E-state index contributed by atoms with van der Waals surface area (Å²) in [6.07, 6.45) is 0. The summed E-state index contributed by atoms with van der Waals surface area (Å²) in [4.78, 5) is 0.299. The van der Waals surface area contributed by atoms with E-state index in [9.17, 15) is 8.42 Å². The molecule has 5 nitrogen and oxygen atoms in total. The Labute approximate surface area is 129 Å². The van der Waals surface area contributed by atoms with Crippen molar-refractivity contribution in [3.05, 3.63) is 53.6 Å². The normalized spacial score (nSPS) is 13.9. The van der Waals surface area contributed by atoms with E-state index in [4.69, 9.17) is 9.47 Å². The monoisotopic (exact) mass is 319 g/mol. The molecule has 0 atom stereocenters. The van der Waals surface area contributed by atoms with Crippen molar-refractivity contribution in [2.75, 3.05) is 13.2 Å². The molecule has 0 fully saturated rings. The van der Waals surface area contributed by atoms with Crippen molar-refractivity contribution in [2.45, 2.75) is 18.4 Å². The number of nitrogens with one attached hydrogen (secondary N) is 1. The lowest BCUT2D eigenvalue weighted by molar-refractivity contribution is 0.171. The highest BCUT2D eigenvalue weighted by molar-refractivity contribution is 7.89. The van der Waals surface area contributed by atoms with Crippen molar-refractivity contribution >= 4 is 10.0 Å². The molecular weight excluding hydrogens is 302 g/mol. The van der Waals surface area contributed by atoms with E-state index in [-0.39, 0.29) is 6.54 Å². The van der Waals surface area contributed by atoms with Gasteiger partial charge in [-0.3, -0.25) is 0 Å². The first-order valence-corrected chi connectivity index (χ1v) is 8.48. The van der Waals surface area contributed by atoms with Crippen LogP contribution in [0.4, 0.5) is 0 Å². The van der Waals surface area contributed by atoms with Crippen molar-refractivity contribution in [3.8, 4) is 11.5 Å². The van der Waals surface area contributed by atoms with Gasteiger partial charge in [-0.15, -0.1) is 0 Å². The zero-order valence-electron chi connectivity index (χ0n) is 12.2. The van der Waals surface area contributed by atoms with Gasteiger partial charge in [0.05, 0.1) is 4.90 Å². The minimum absolute atomic E-state index is 0.202. The number of rotatable bonds is 4. The van der Waals surface area contributed by atoms with E-state index in [1.54, 1.807) is 37.3 Å². The van der Waals surface area contributed by atoms with Crippen molar-refractivity contribution in [1.29, 1.82) is 0 Å². The van der Waals surface area contributed by atoms with Crippen molar-refractivity contribution in [1.82, 2.24) is 4.72 Å². The molecule has 0 saturated carbocycles. The summed E-state index contributed by atoms with van der Waals surface area (Å²) in [6, 6.07) is 12.3. The Kier molecular flexibility index (Phi) is 4.04. The molecule has 0 aliphatic carbocycles. The molecular formula is C16H17NO4S. The molecule has 0 saturated heterocycles. The maximum atomic E-state index is 12.3. The van der Waals surface area contributed by atoms with Crippen LogP contribution in [-0.4, -0.2) is 21.6 Å². The third-order valence-electron chi connectivity index (χ3n) is 3.46. The molecule has 1 aliphatic rings. The van der Waals surface area contributed by atoms with E-state index in [0.717, 1.165) is 11.1 Å². The lowest BCUT2D eigenvalue weighted by Crippen LogP contribution is -2.24. The molecule has 0 aromatic heterocycles. The second kappa shape index (κ2) is 5.98. The van der Waals surface area contributed by atoms with Crippen molar-refractivity contribution in [2.24, 2.45) is 0 Å². The average molecular weight is 319 g/mol. The number of ether oxygens (including phenoxy) is 2. The number of hydrogen-bond acceptors (Lipinski definition) is 4. The molecule has 2 aromatic carbocycles. The van der Waals surface area contributed by atoms with E-state index in [2.05, 4.69) is 4.72 Å². The van der Waals surface area contributed by atoms with Gasteiger partial charge >= 0.3 is 0 Å². The SMILES string of the molecule is Cc1ccccc1S(=O)(=O)NCc1ccc2c(c1)OCCO2. The maximum Gasteiger partial charge on any atom is 0.241 e. The van der Waals surface area contributed by atoms with Crippen LogP contribution in [0.25, 0.3) is 0 Å². The number of fused-ring (bicyclic) bond motifs is 1. The minimum Gasteiger partial charge on any atom is -0.486 e. The van der Waals surface area contributed by atoms with Crippen molar-refractivity contribution in [3.63, 3.8) is 0 Å². The topological polar surface area (TPSA) is 64.6 Å². The van der Waals surface area contributed by atoms with Gasteiger partial charge in [0.15, 0.2) is 11.5 Å². The van der Waals surface area contributed by atoms with E-state index >= 15 is 0 Å². The Morgan fingerprint density at radius 3 is 2.55 bits per heavy atom. The van der Waals surface area contributed by atoms with Gasteiger partial charge in [0, 0.05) is 6.54 Å². The molecule has 0 unspecified atom stereocenters. The van der Waals surface area contributed by atoms with Crippen molar-refractivity contribution < 1.29 is 17.9 Å². The molecule has 6 heteroatoms. The summed E-state index contributed by atoms with van der Waals surface area (Å²) in [5, 5.41) is 0. The highest BCUT2D eigenvalue weighted by Gasteiger charge is 2.17. The zero-order valence-corrected chi connectivity index (χ0v) is 13.0. The van der Waals surface area contributed by atoms with Gasteiger partial charge < -0.3 is 9.47 Å². The van der Waals surface area contributed by atoms with E-state index in [0.29, 0.717) is 29.6 Å². The first kappa shape index (κ1) is 14.9. The molecule has 0 bridgehead atoms. The Balaban J connectivity index is 1.76. The summed E-state index contributed by atoms with van der Waals surface area (Å²) in [7, 11) is -3.53. The number of benzene rings is 2. The number of aryl methyl sites for hydroxylation is 1. The minimum atomic E-state index is -3.53. The van der Waals surface area contributed by atoms with Crippen LogP contribution < -0.4 is 14.2 Å². The van der Waals surface area contributed by atoms with Crippen LogP contribution in [0.5, 0.6) is 11.5 Å². The number of sulfonamides is 1. The van der Waals surface area contributed by atoms with E-state index in [1.807, 2.05) is 12.1 Å². The van der Waals surface area contributed by atoms with Gasteiger partial charge in [0.2, 0.25) is 10.0 Å². The standard InChI is InChI=1S/C16H17NO4S/c1-12-4-2-3-5-16(12)22(18,19)17-11-13-6-7-14-15(10-13)21-9-8-20-14/h2-7,10,17H,8-9,11H2,1H3. The Bertz CT molecular complexity index is 786. The molecule has 1 heterocycles. The van der Waals surface area contributed by atoms with Crippen LogP contribution in [0, 0.1) is 6.92 Å². The number of hydrogen-bond donors (Lipinski definition) is 1. The second-order valence-electron chi connectivity index (χ2n) is 5.07. The van der Waals surface area contributed by atoms with Crippen LogP contribution in [0.15, 0.2) is 47.4 Å². The average Bonchev–Trinajstić information content (AvgIpc) is 2.53. The summed E-state index contributed by atoms with van der Waals surface area (Å²) < 4.78 is 38.3. The summed E-state index contributed by atoms with van der Waals surface area (Å²) in [5.41, 5.74) is 1.54. The highest BCUT2D eigenvalue weighted by Crippen LogP contribution is 2.30. The Morgan fingerprint density at radius 2 is 1.77 bits per heavy atom. The van der Waals surface area contributed by atoms with Crippen LogP contribution in [-0.2, 0) is 16.6 Å². The summed E-state index contributed by atoms with van der Waals surface area (Å²) >= 11 is 0. The van der Waals surface area contributed by atoms with Crippen LogP contribution in [0.2, 0.25) is 0 Å². The molecule has 0 amide bonds. The first-order valence-electron chi connectivity index (χ1n) is 7.00. The van der Waals surface area contributed by atoms with Crippen LogP contribution in [0.1, 0.15) is 11.1 Å². The smallest absolute Gasteiger partial charge is 0.241 e. The Morgan fingerprint density at radius 1 is 1.05 bits per heavy atom. The molecule has 22 heavy (non-hydrogen) atoms. The van der Waals surface area contributed by atoms with Gasteiger partial charge in [-0.2, -0.15) is 0 Å². The fraction of sp³-hybridized carbons (Fsp3) is 0.250. The van der Waals surface area contributed by atoms with Gasteiger partial charge in [-0.05, 0) is 36.2 Å².